The molecule has 0 heterocycles. The van der Waals surface area contributed by atoms with Crippen molar-refractivity contribution in [1.82, 2.24) is 5.32 Å². The predicted molar refractivity (Wildman–Crippen MR) is 83.5 cm³/mol. The van der Waals surface area contributed by atoms with E-state index in [0.717, 1.165) is 17.7 Å². The van der Waals surface area contributed by atoms with Crippen LogP contribution in [0.1, 0.15) is 32.8 Å². The van der Waals surface area contributed by atoms with E-state index in [-0.39, 0.29) is 12.5 Å². The molecule has 0 saturated carbocycles. The fourth-order valence-corrected chi connectivity index (χ4v) is 1.66. The Bertz CT molecular complexity index is 447. The zero-order valence-electron chi connectivity index (χ0n) is 13.1. The van der Waals surface area contributed by atoms with E-state index in [1.54, 1.807) is 6.07 Å². The molecule has 5 nitrogen and oxygen atoms in total. The predicted octanol–water partition coefficient (Wildman–Crippen LogP) is 2.09. The van der Waals surface area contributed by atoms with Crippen molar-refractivity contribution in [1.29, 1.82) is 0 Å². The molecule has 0 spiro atoms. The Kier molecular flexibility index (Phi) is 7.61. The van der Waals surface area contributed by atoms with Gasteiger partial charge in [-0.15, -0.1) is 0 Å². The van der Waals surface area contributed by atoms with Crippen LogP contribution in [-0.2, 0) is 11.3 Å². The maximum absolute atomic E-state index is 11.7. The van der Waals surface area contributed by atoms with Gasteiger partial charge in [-0.1, -0.05) is 26.8 Å². The average molecular weight is 294 g/mol. The van der Waals surface area contributed by atoms with Gasteiger partial charge in [0, 0.05) is 24.7 Å². The molecule has 0 atom stereocenters. The number of nitrogens with two attached hydrogens (primary N) is 1. The Labute approximate surface area is 126 Å². The van der Waals surface area contributed by atoms with Crippen molar-refractivity contribution in [3.05, 3.63) is 23.8 Å². The molecule has 0 unspecified atom stereocenters. The summed E-state index contributed by atoms with van der Waals surface area (Å²) in [5.41, 5.74) is 6.54. The zero-order valence-corrected chi connectivity index (χ0v) is 13.1. The molecule has 0 aliphatic carbocycles. The van der Waals surface area contributed by atoms with Crippen molar-refractivity contribution in [2.75, 3.05) is 19.8 Å². The Morgan fingerprint density at radius 1 is 1.33 bits per heavy atom. The van der Waals surface area contributed by atoms with Crippen LogP contribution in [0.15, 0.2) is 18.2 Å². The molecule has 118 valence electrons. The van der Waals surface area contributed by atoms with Crippen molar-refractivity contribution in [3.8, 4) is 11.5 Å². The van der Waals surface area contributed by atoms with Crippen molar-refractivity contribution >= 4 is 5.91 Å². The monoisotopic (exact) mass is 294 g/mol. The molecule has 0 fully saturated rings. The zero-order chi connectivity index (χ0) is 15.7. The van der Waals surface area contributed by atoms with Crippen LogP contribution >= 0.6 is 0 Å². The van der Waals surface area contributed by atoms with Crippen molar-refractivity contribution in [3.63, 3.8) is 0 Å². The van der Waals surface area contributed by atoms with Gasteiger partial charge in [0.1, 0.15) is 11.5 Å². The van der Waals surface area contributed by atoms with Crippen LogP contribution in [0, 0.1) is 5.92 Å². The molecule has 0 bridgehead atoms. The number of nitrogens with one attached hydrogen (secondary N) is 1. The van der Waals surface area contributed by atoms with E-state index in [4.69, 9.17) is 15.2 Å². The maximum Gasteiger partial charge on any atom is 0.257 e. The fourth-order valence-electron chi connectivity index (χ4n) is 1.66. The highest BCUT2D eigenvalue weighted by Crippen LogP contribution is 2.24. The van der Waals surface area contributed by atoms with Crippen LogP contribution in [0.4, 0.5) is 0 Å². The Morgan fingerprint density at radius 2 is 2.10 bits per heavy atom. The molecule has 0 saturated heterocycles. The van der Waals surface area contributed by atoms with Gasteiger partial charge < -0.3 is 20.5 Å². The minimum atomic E-state index is -0.133. The van der Waals surface area contributed by atoms with Crippen molar-refractivity contribution < 1.29 is 14.3 Å². The van der Waals surface area contributed by atoms with Crippen LogP contribution in [-0.4, -0.2) is 25.7 Å². The Hall–Kier alpha value is -1.75. The van der Waals surface area contributed by atoms with Crippen molar-refractivity contribution in [2.45, 2.75) is 33.7 Å². The lowest BCUT2D eigenvalue weighted by atomic mass is 10.2. The molecule has 1 aromatic rings. The van der Waals surface area contributed by atoms with E-state index >= 15 is 0 Å². The molecule has 1 amide bonds. The molecule has 0 radical (unpaired) electrons. The van der Waals surface area contributed by atoms with E-state index in [1.165, 1.54) is 0 Å². The topological polar surface area (TPSA) is 73.6 Å². The van der Waals surface area contributed by atoms with E-state index in [0.29, 0.717) is 31.4 Å². The summed E-state index contributed by atoms with van der Waals surface area (Å²) in [5.74, 6) is 1.61. The van der Waals surface area contributed by atoms with Crippen LogP contribution in [0.25, 0.3) is 0 Å². The van der Waals surface area contributed by atoms with Crippen LogP contribution in [0.3, 0.4) is 0 Å². The summed E-state index contributed by atoms with van der Waals surface area (Å²) >= 11 is 0. The number of rotatable bonds is 9. The van der Waals surface area contributed by atoms with Crippen LogP contribution < -0.4 is 20.5 Å². The molecule has 5 heteroatoms. The minimum absolute atomic E-state index is 0.0169. The third-order valence-electron chi connectivity index (χ3n) is 2.80. The lowest BCUT2D eigenvalue weighted by molar-refractivity contribution is -0.123. The third-order valence-corrected chi connectivity index (χ3v) is 2.80. The molecular formula is C16H26N2O3. The largest absolute Gasteiger partial charge is 0.493 e. The third kappa shape index (κ3) is 6.49. The number of amides is 1. The summed E-state index contributed by atoms with van der Waals surface area (Å²) in [7, 11) is 0. The summed E-state index contributed by atoms with van der Waals surface area (Å²) < 4.78 is 11.1. The van der Waals surface area contributed by atoms with Gasteiger partial charge in [-0.05, 0) is 18.4 Å². The van der Waals surface area contributed by atoms with Gasteiger partial charge in [-0.3, -0.25) is 4.79 Å². The standard InChI is InChI=1S/C16H26N2O3/c1-4-7-20-14-6-5-13(9-17)15(8-14)21-11-16(19)18-10-12(2)3/h5-6,8,12H,4,7,9-11,17H2,1-3H3,(H,18,19). The summed E-state index contributed by atoms with van der Waals surface area (Å²) in [5, 5.41) is 2.81. The normalized spacial score (nSPS) is 10.5. The molecule has 3 N–H and O–H groups in total. The average Bonchev–Trinajstić information content (AvgIpc) is 2.48. The van der Waals surface area contributed by atoms with Gasteiger partial charge in [-0.25, -0.2) is 0 Å². The second-order valence-electron chi connectivity index (χ2n) is 5.31. The number of hydrogen-bond acceptors (Lipinski definition) is 4. The number of ether oxygens (including phenoxy) is 2. The molecule has 21 heavy (non-hydrogen) atoms. The molecule has 1 rings (SSSR count). The van der Waals surface area contributed by atoms with Gasteiger partial charge in [0.25, 0.3) is 5.91 Å². The first-order chi connectivity index (χ1) is 10.1. The first-order valence-corrected chi connectivity index (χ1v) is 7.42. The number of carbonyl (C=O) groups is 1. The summed E-state index contributed by atoms with van der Waals surface area (Å²) in [6.45, 7) is 7.77. The number of carbonyl (C=O) groups excluding carboxylic acids is 1. The summed E-state index contributed by atoms with van der Waals surface area (Å²) in [6.07, 6.45) is 0.937. The highest BCUT2D eigenvalue weighted by molar-refractivity contribution is 5.77. The van der Waals surface area contributed by atoms with Crippen molar-refractivity contribution in [2.24, 2.45) is 11.7 Å². The van der Waals surface area contributed by atoms with Crippen LogP contribution in [0.5, 0.6) is 11.5 Å². The Morgan fingerprint density at radius 3 is 2.71 bits per heavy atom. The quantitative estimate of drug-likeness (QED) is 0.731. The van der Waals surface area contributed by atoms with E-state index in [1.807, 2.05) is 32.9 Å². The SMILES string of the molecule is CCCOc1ccc(CN)c(OCC(=O)NCC(C)C)c1. The minimum Gasteiger partial charge on any atom is -0.493 e. The van der Waals surface area contributed by atoms with Gasteiger partial charge in [-0.2, -0.15) is 0 Å². The smallest absolute Gasteiger partial charge is 0.257 e. The highest BCUT2D eigenvalue weighted by Gasteiger charge is 2.08. The van der Waals surface area contributed by atoms with Gasteiger partial charge >= 0.3 is 0 Å². The second kappa shape index (κ2) is 9.23. The lowest BCUT2D eigenvalue weighted by Crippen LogP contribution is -2.31. The van der Waals surface area contributed by atoms with Crippen LogP contribution in [0.2, 0.25) is 0 Å². The molecule has 0 aliphatic heterocycles. The van der Waals surface area contributed by atoms with E-state index in [9.17, 15) is 4.79 Å². The summed E-state index contributed by atoms with van der Waals surface area (Å²) in [4.78, 5) is 11.7. The molecule has 1 aromatic carbocycles. The molecular weight excluding hydrogens is 268 g/mol. The number of benzene rings is 1. The van der Waals surface area contributed by atoms with Gasteiger partial charge in [0.15, 0.2) is 6.61 Å². The van der Waals surface area contributed by atoms with E-state index < -0.39 is 0 Å². The summed E-state index contributed by atoms with van der Waals surface area (Å²) in [6, 6.07) is 5.52. The fraction of sp³-hybridized carbons (Fsp3) is 0.562. The Balaban J connectivity index is 2.60. The lowest BCUT2D eigenvalue weighted by Gasteiger charge is -2.13. The molecule has 0 aliphatic rings. The van der Waals surface area contributed by atoms with Gasteiger partial charge in [0.05, 0.1) is 6.61 Å². The molecule has 0 aromatic heterocycles. The first kappa shape index (κ1) is 17.3. The highest BCUT2D eigenvalue weighted by atomic mass is 16.5. The maximum atomic E-state index is 11.7. The first-order valence-electron chi connectivity index (χ1n) is 7.42. The van der Waals surface area contributed by atoms with Gasteiger partial charge in [0.2, 0.25) is 0 Å². The van der Waals surface area contributed by atoms with E-state index in [2.05, 4.69) is 5.32 Å². The number of hydrogen-bond donors (Lipinski definition) is 2. The second-order valence-corrected chi connectivity index (χ2v) is 5.31.